The summed E-state index contributed by atoms with van der Waals surface area (Å²) in [6, 6.07) is 10.9. The molecule has 136 valence electrons. The third-order valence-corrected chi connectivity index (χ3v) is 5.22. The standard InChI is InChI=1S/C20H22N2O4/c1-13-15-7-2-3-9-17(15)26-18(13)20(24)22-10-4-8-16(22)19(23)21-12-14-6-5-11-25-14/h2-3,5-7,9,11,13,16,18H,4,8,10,12H2,1H3,(H,21,23). The van der Waals surface area contributed by atoms with Crippen LogP contribution in [0.3, 0.4) is 0 Å². The molecule has 0 aliphatic carbocycles. The lowest BCUT2D eigenvalue weighted by Crippen LogP contribution is -2.50. The summed E-state index contributed by atoms with van der Waals surface area (Å²) in [5.41, 5.74) is 1.05. The molecule has 6 nitrogen and oxygen atoms in total. The summed E-state index contributed by atoms with van der Waals surface area (Å²) in [7, 11) is 0. The van der Waals surface area contributed by atoms with Crippen molar-refractivity contribution in [3.8, 4) is 5.75 Å². The second-order valence-corrected chi connectivity index (χ2v) is 6.85. The third-order valence-electron chi connectivity index (χ3n) is 5.22. The minimum atomic E-state index is -0.564. The molecule has 0 radical (unpaired) electrons. The molecule has 1 saturated heterocycles. The van der Waals surface area contributed by atoms with E-state index in [0.717, 1.165) is 17.7 Å². The van der Waals surface area contributed by atoms with Crippen molar-refractivity contribution in [2.75, 3.05) is 6.54 Å². The van der Waals surface area contributed by atoms with Gasteiger partial charge in [0.1, 0.15) is 17.6 Å². The van der Waals surface area contributed by atoms with E-state index in [1.165, 1.54) is 0 Å². The van der Waals surface area contributed by atoms with E-state index in [4.69, 9.17) is 9.15 Å². The molecule has 2 amide bonds. The largest absolute Gasteiger partial charge is 0.480 e. The number of rotatable bonds is 4. The molecule has 26 heavy (non-hydrogen) atoms. The molecule has 1 N–H and O–H groups in total. The zero-order valence-electron chi connectivity index (χ0n) is 14.7. The van der Waals surface area contributed by atoms with Gasteiger partial charge >= 0.3 is 0 Å². The molecule has 2 aliphatic heterocycles. The molecule has 4 rings (SSSR count). The van der Waals surface area contributed by atoms with Crippen LogP contribution in [-0.4, -0.2) is 35.4 Å². The van der Waals surface area contributed by atoms with Gasteiger partial charge in [0.05, 0.1) is 12.8 Å². The summed E-state index contributed by atoms with van der Waals surface area (Å²) in [5.74, 6) is 1.18. The Labute approximate surface area is 152 Å². The molecule has 3 atom stereocenters. The van der Waals surface area contributed by atoms with E-state index in [9.17, 15) is 9.59 Å². The highest BCUT2D eigenvalue weighted by Gasteiger charge is 2.43. The van der Waals surface area contributed by atoms with Crippen LogP contribution >= 0.6 is 0 Å². The van der Waals surface area contributed by atoms with Gasteiger partial charge in [-0.25, -0.2) is 0 Å². The fraction of sp³-hybridized carbons (Fsp3) is 0.400. The Bertz CT molecular complexity index is 802. The SMILES string of the molecule is CC1c2ccccc2OC1C(=O)N1CCCC1C(=O)NCc1ccco1. The molecule has 0 bridgehead atoms. The Morgan fingerprint density at radius 2 is 2.08 bits per heavy atom. The topological polar surface area (TPSA) is 71.8 Å². The maximum absolute atomic E-state index is 13.1. The number of hydrogen-bond acceptors (Lipinski definition) is 4. The Balaban J connectivity index is 1.43. The maximum atomic E-state index is 13.1. The Hall–Kier alpha value is -2.76. The quantitative estimate of drug-likeness (QED) is 0.915. The van der Waals surface area contributed by atoms with Crippen molar-refractivity contribution >= 4 is 11.8 Å². The highest BCUT2D eigenvalue weighted by Crippen LogP contribution is 2.39. The predicted molar refractivity (Wildman–Crippen MR) is 94.6 cm³/mol. The fourth-order valence-electron chi connectivity index (χ4n) is 3.80. The lowest BCUT2D eigenvalue weighted by Gasteiger charge is -2.27. The molecule has 0 saturated carbocycles. The number of amides is 2. The number of fused-ring (bicyclic) bond motifs is 1. The molecule has 1 aromatic heterocycles. The molecule has 3 heterocycles. The van der Waals surface area contributed by atoms with Crippen LogP contribution in [0.1, 0.15) is 37.0 Å². The van der Waals surface area contributed by atoms with Crippen LogP contribution in [-0.2, 0) is 16.1 Å². The molecule has 6 heteroatoms. The number of carbonyl (C=O) groups is 2. The summed E-state index contributed by atoms with van der Waals surface area (Å²) < 4.78 is 11.1. The van der Waals surface area contributed by atoms with E-state index in [-0.39, 0.29) is 17.7 Å². The number of likely N-dealkylation sites (tertiary alicyclic amines) is 1. The van der Waals surface area contributed by atoms with Gasteiger partial charge in [-0.3, -0.25) is 9.59 Å². The normalized spacial score (nSPS) is 24.2. The molecular formula is C20H22N2O4. The Morgan fingerprint density at radius 1 is 1.23 bits per heavy atom. The summed E-state index contributed by atoms with van der Waals surface area (Å²) in [5, 5.41) is 2.86. The first-order chi connectivity index (χ1) is 12.6. The van der Waals surface area contributed by atoms with Gasteiger partial charge < -0.3 is 19.4 Å². The first-order valence-electron chi connectivity index (χ1n) is 9.01. The number of hydrogen-bond donors (Lipinski definition) is 1. The van der Waals surface area contributed by atoms with Crippen LogP contribution in [0.5, 0.6) is 5.75 Å². The summed E-state index contributed by atoms with van der Waals surface area (Å²) in [6.07, 6.45) is 2.50. The van der Waals surface area contributed by atoms with Crippen LogP contribution in [0.25, 0.3) is 0 Å². The average molecular weight is 354 g/mol. The second-order valence-electron chi connectivity index (χ2n) is 6.85. The summed E-state index contributed by atoms with van der Waals surface area (Å²) >= 11 is 0. The van der Waals surface area contributed by atoms with Crippen LogP contribution in [0.15, 0.2) is 47.1 Å². The third kappa shape index (κ3) is 2.96. The van der Waals surface area contributed by atoms with Crippen molar-refractivity contribution in [3.05, 3.63) is 54.0 Å². The van der Waals surface area contributed by atoms with Crippen LogP contribution in [0.4, 0.5) is 0 Å². The van der Waals surface area contributed by atoms with E-state index in [1.807, 2.05) is 37.3 Å². The summed E-state index contributed by atoms with van der Waals surface area (Å²) in [4.78, 5) is 27.3. The van der Waals surface area contributed by atoms with Crippen LogP contribution in [0, 0.1) is 0 Å². The van der Waals surface area contributed by atoms with Gasteiger partial charge in [0.2, 0.25) is 5.91 Å². The van der Waals surface area contributed by atoms with Gasteiger partial charge in [0, 0.05) is 18.0 Å². The minimum Gasteiger partial charge on any atom is -0.480 e. The number of carbonyl (C=O) groups excluding carboxylic acids is 2. The lowest BCUT2D eigenvalue weighted by molar-refractivity contribution is -0.144. The molecule has 2 aliphatic rings. The smallest absolute Gasteiger partial charge is 0.264 e. The van der Waals surface area contributed by atoms with E-state index in [2.05, 4.69) is 5.32 Å². The lowest BCUT2D eigenvalue weighted by atomic mass is 9.96. The van der Waals surface area contributed by atoms with E-state index in [0.29, 0.717) is 25.3 Å². The zero-order valence-corrected chi connectivity index (χ0v) is 14.7. The first kappa shape index (κ1) is 16.7. The molecule has 3 unspecified atom stereocenters. The van der Waals surface area contributed by atoms with Gasteiger partial charge in [0.15, 0.2) is 6.10 Å². The second kappa shape index (κ2) is 6.86. The highest BCUT2D eigenvalue weighted by molar-refractivity contribution is 5.91. The molecule has 0 spiro atoms. The Morgan fingerprint density at radius 3 is 2.85 bits per heavy atom. The van der Waals surface area contributed by atoms with Gasteiger partial charge in [-0.2, -0.15) is 0 Å². The number of para-hydroxylation sites is 1. The minimum absolute atomic E-state index is 0.0221. The molecule has 1 aromatic carbocycles. The first-order valence-corrected chi connectivity index (χ1v) is 9.01. The van der Waals surface area contributed by atoms with E-state index in [1.54, 1.807) is 17.2 Å². The van der Waals surface area contributed by atoms with Crippen molar-refractivity contribution in [2.24, 2.45) is 0 Å². The van der Waals surface area contributed by atoms with Crippen molar-refractivity contribution < 1.29 is 18.7 Å². The number of benzene rings is 1. The Kier molecular flexibility index (Phi) is 4.41. The molecule has 2 aromatic rings. The van der Waals surface area contributed by atoms with Crippen molar-refractivity contribution in [3.63, 3.8) is 0 Å². The van der Waals surface area contributed by atoms with E-state index >= 15 is 0 Å². The van der Waals surface area contributed by atoms with Gasteiger partial charge in [-0.1, -0.05) is 25.1 Å². The van der Waals surface area contributed by atoms with Crippen LogP contribution in [0.2, 0.25) is 0 Å². The number of nitrogens with zero attached hydrogens (tertiary/aromatic N) is 1. The number of ether oxygens (including phenoxy) is 1. The number of nitrogens with one attached hydrogen (secondary N) is 1. The molecule has 1 fully saturated rings. The monoisotopic (exact) mass is 354 g/mol. The van der Waals surface area contributed by atoms with Gasteiger partial charge in [0.25, 0.3) is 5.91 Å². The van der Waals surface area contributed by atoms with Crippen molar-refractivity contribution in [1.82, 2.24) is 10.2 Å². The van der Waals surface area contributed by atoms with Gasteiger partial charge in [-0.05, 0) is 31.0 Å². The van der Waals surface area contributed by atoms with Gasteiger partial charge in [-0.15, -0.1) is 0 Å². The predicted octanol–water partition coefficient (Wildman–Crippen LogP) is 2.45. The van der Waals surface area contributed by atoms with Crippen LogP contribution < -0.4 is 10.1 Å². The zero-order chi connectivity index (χ0) is 18.1. The highest BCUT2D eigenvalue weighted by atomic mass is 16.5. The van der Waals surface area contributed by atoms with Crippen molar-refractivity contribution in [2.45, 2.75) is 44.4 Å². The van der Waals surface area contributed by atoms with Crippen molar-refractivity contribution in [1.29, 1.82) is 0 Å². The molecular weight excluding hydrogens is 332 g/mol. The number of furan rings is 1. The maximum Gasteiger partial charge on any atom is 0.264 e. The van der Waals surface area contributed by atoms with E-state index < -0.39 is 12.1 Å². The average Bonchev–Trinajstić information content (AvgIpc) is 3.40. The summed E-state index contributed by atoms with van der Waals surface area (Å²) in [6.45, 7) is 2.91. The fourth-order valence-corrected chi connectivity index (χ4v) is 3.80.